The summed E-state index contributed by atoms with van der Waals surface area (Å²) in [6.45, 7) is -0.617. The third kappa shape index (κ3) is 4.44. The van der Waals surface area contributed by atoms with Crippen molar-refractivity contribution in [3.05, 3.63) is 59.4 Å². The summed E-state index contributed by atoms with van der Waals surface area (Å²) >= 11 is 0. The predicted octanol–water partition coefficient (Wildman–Crippen LogP) is 1.78. The van der Waals surface area contributed by atoms with Crippen molar-refractivity contribution in [1.82, 2.24) is 4.72 Å². The molecule has 0 saturated heterocycles. The van der Waals surface area contributed by atoms with Crippen molar-refractivity contribution >= 4 is 21.8 Å². The molecule has 0 fully saturated rings. The van der Waals surface area contributed by atoms with Gasteiger partial charge in [-0.05, 0) is 49.5 Å². The van der Waals surface area contributed by atoms with Crippen molar-refractivity contribution in [2.24, 2.45) is 0 Å². The summed E-state index contributed by atoms with van der Waals surface area (Å²) in [6.07, 6.45) is 0. The Morgan fingerprint density at radius 3 is 2.35 bits per heavy atom. The van der Waals surface area contributed by atoms with Crippen molar-refractivity contribution in [3.8, 4) is 5.75 Å². The minimum atomic E-state index is -3.86. The number of ether oxygens (including phenoxy) is 2. The van der Waals surface area contributed by atoms with Gasteiger partial charge in [-0.3, -0.25) is 4.79 Å². The summed E-state index contributed by atoms with van der Waals surface area (Å²) in [5.41, 5.74) is -0.297. The summed E-state index contributed by atoms with van der Waals surface area (Å²) in [5, 5.41) is 0. The van der Waals surface area contributed by atoms with Gasteiger partial charge in [0.05, 0.1) is 17.6 Å². The molecule has 0 bridgehead atoms. The molecule has 0 unspecified atom stereocenters. The highest BCUT2D eigenvalue weighted by Gasteiger charge is 2.20. The molecule has 0 amide bonds. The number of carbonyl (C=O) groups excluding carboxylic acids is 2. The highest BCUT2D eigenvalue weighted by Crippen LogP contribution is 2.17. The van der Waals surface area contributed by atoms with Crippen LogP contribution in [0.15, 0.2) is 47.4 Å². The van der Waals surface area contributed by atoms with E-state index in [2.05, 4.69) is 4.72 Å². The largest absolute Gasteiger partial charge is 0.497 e. The van der Waals surface area contributed by atoms with Gasteiger partial charge < -0.3 is 9.47 Å². The van der Waals surface area contributed by atoms with E-state index in [1.807, 2.05) is 0 Å². The average Bonchev–Trinajstić information content (AvgIpc) is 2.66. The Hall–Kier alpha value is -2.78. The molecule has 0 spiro atoms. The standard InChI is InChI=1S/C17H16FNO6S/c1-19-26(22,23)13-7-8-15(18)14(9-13)17(21)25-10-16(20)11-3-5-12(24-2)6-4-11/h3-9,19H,10H2,1-2H3. The number of methoxy groups -OCH3 is 1. The Morgan fingerprint density at radius 2 is 1.77 bits per heavy atom. The number of halogens is 1. The van der Waals surface area contributed by atoms with Crippen LogP contribution in [0.3, 0.4) is 0 Å². The molecule has 0 radical (unpaired) electrons. The predicted molar refractivity (Wildman–Crippen MR) is 90.3 cm³/mol. The Bertz CT molecular complexity index is 925. The van der Waals surface area contributed by atoms with E-state index in [0.717, 1.165) is 18.2 Å². The molecular formula is C17H16FNO6S. The van der Waals surface area contributed by atoms with Crippen molar-refractivity contribution < 1.29 is 31.9 Å². The van der Waals surface area contributed by atoms with Crippen LogP contribution in [-0.4, -0.2) is 40.9 Å². The number of sulfonamides is 1. The molecule has 0 aliphatic rings. The van der Waals surface area contributed by atoms with Crippen LogP contribution >= 0.6 is 0 Å². The van der Waals surface area contributed by atoms with Gasteiger partial charge in [0, 0.05) is 5.56 Å². The van der Waals surface area contributed by atoms with Gasteiger partial charge in [-0.15, -0.1) is 0 Å². The Balaban J connectivity index is 2.12. The first-order valence-electron chi connectivity index (χ1n) is 7.36. The van der Waals surface area contributed by atoms with Crippen LogP contribution in [0.4, 0.5) is 4.39 Å². The fourth-order valence-corrected chi connectivity index (χ4v) is 2.77. The molecule has 0 aliphatic heterocycles. The number of Topliss-reactive ketones (excluding diaryl/α,β-unsaturated/α-hetero) is 1. The molecule has 1 N–H and O–H groups in total. The van der Waals surface area contributed by atoms with Gasteiger partial charge in [0.25, 0.3) is 0 Å². The normalized spacial score (nSPS) is 11.0. The van der Waals surface area contributed by atoms with Gasteiger partial charge in [-0.25, -0.2) is 22.3 Å². The first-order chi connectivity index (χ1) is 12.3. The second-order valence-corrected chi connectivity index (χ2v) is 6.96. The van der Waals surface area contributed by atoms with E-state index in [9.17, 15) is 22.4 Å². The summed E-state index contributed by atoms with van der Waals surface area (Å²) in [4.78, 5) is 23.7. The lowest BCUT2D eigenvalue weighted by atomic mass is 10.1. The molecule has 26 heavy (non-hydrogen) atoms. The number of hydrogen-bond acceptors (Lipinski definition) is 6. The molecule has 0 atom stereocenters. The second kappa shape index (κ2) is 8.07. The molecule has 2 aromatic carbocycles. The number of carbonyl (C=O) groups is 2. The maximum absolute atomic E-state index is 13.8. The molecule has 0 aromatic heterocycles. The van der Waals surface area contributed by atoms with Crippen LogP contribution < -0.4 is 9.46 Å². The molecule has 9 heteroatoms. The number of hydrogen-bond donors (Lipinski definition) is 1. The zero-order valence-corrected chi connectivity index (χ0v) is 14.8. The first kappa shape index (κ1) is 19.5. The lowest BCUT2D eigenvalue weighted by Crippen LogP contribution is -2.20. The maximum atomic E-state index is 13.8. The van der Waals surface area contributed by atoms with Crippen LogP contribution in [0.5, 0.6) is 5.75 Å². The number of ketones is 1. The van der Waals surface area contributed by atoms with Crippen LogP contribution in [0.1, 0.15) is 20.7 Å². The van der Waals surface area contributed by atoms with Gasteiger partial charge in [0.2, 0.25) is 10.0 Å². The molecule has 138 valence electrons. The Morgan fingerprint density at radius 1 is 1.12 bits per heavy atom. The van der Waals surface area contributed by atoms with Crippen LogP contribution in [0.2, 0.25) is 0 Å². The molecule has 0 saturated carbocycles. The fourth-order valence-electron chi connectivity index (χ4n) is 2.01. The molecule has 2 aromatic rings. The third-order valence-electron chi connectivity index (χ3n) is 3.48. The zero-order chi connectivity index (χ0) is 19.3. The average molecular weight is 381 g/mol. The Labute approximate surface area is 149 Å². The molecule has 2 rings (SSSR count). The molecular weight excluding hydrogens is 365 g/mol. The molecule has 0 aliphatic carbocycles. The Kier molecular flexibility index (Phi) is 6.06. The van der Waals surface area contributed by atoms with Crippen LogP contribution in [0, 0.1) is 5.82 Å². The van der Waals surface area contributed by atoms with Crippen molar-refractivity contribution in [1.29, 1.82) is 0 Å². The first-order valence-corrected chi connectivity index (χ1v) is 8.84. The third-order valence-corrected chi connectivity index (χ3v) is 4.90. The van der Waals surface area contributed by atoms with Gasteiger partial charge in [-0.1, -0.05) is 0 Å². The quantitative estimate of drug-likeness (QED) is 0.580. The molecule has 7 nitrogen and oxygen atoms in total. The monoisotopic (exact) mass is 381 g/mol. The summed E-state index contributed by atoms with van der Waals surface area (Å²) in [6, 6.07) is 8.83. The number of benzene rings is 2. The van der Waals surface area contributed by atoms with Crippen molar-refractivity contribution in [2.45, 2.75) is 4.90 Å². The number of rotatable bonds is 7. The number of nitrogens with one attached hydrogen (secondary N) is 1. The molecule has 0 heterocycles. The minimum absolute atomic E-state index is 0.283. The summed E-state index contributed by atoms with van der Waals surface area (Å²) in [5.74, 6) is -2.04. The van der Waals surface area contributed by atoms with E-state index in [1.165, 1.54) is 26.3 Å². The van der Waals surface area contributed by atoms with Crippen molar-refractivity contribution in [2.75, 3.05) is 20.8 Å². The lowest BCUT2D eigenvalue weighted by Gasteiger charge is -2.08. The van der Waals surface area contributed by atoms with E-state index in [-0.39, 0.29) is 10.5 Å². The van der Waals surface area contributed by atoms with Gasteiger partial charge in [-0.2, -0.15) is 0 Å². The highest BCUT2D eigenvalue weighted by atomic mass is 32.2. The van der Waals surface area contributed by atoms with E-state index in [1.54, 1.807) is 12.1 Å². The van der Waals surface area contributed by atoms with Gasteiger partial charge in [0.15, 0.2) is 12.4 Å². The fraction of sp³-hybridized carbons (Fsp3) is 0.176. The smallest absolute Gasteiger partial charge is 0.341 e. The van der Waals surface area contributed by atoms with Gasteiger partial charge >= 0.3 is 5.97 Å². The topological polar surface area (TPSA) is 98.8 Å². The van der Waals surface area contributed by atoms with Crippen molar-refractivity contribution in [3.63, 3.8) is 0 Å². The van der Waals surface area contributed by atoms with E-state index in [0.29, 0.717) is 5.75 Å². The second-order valence-electron chi connectivity index (χ2n) is 5.08. The number of esters is 1. The zero-order valence-electron chi connectivity index (χ0n) is 14.0. The minimum Gasteiger partial charge on any atom is -0.497 e. The SMILES string of the molecule is CNS(=O)(=O)c1ccc(F)c(C(=O)OCC(=O)c2ccc(OC)cc2)c1. The van der Waals surface area contributed by atoms with E-state index < -0.39 is 39.8 Å². The van der Waals surface area contributed by atoms with Crippen LogP contribution in [-0.2, 0) is 14.8 Å². The van der Waals surface area contributed by atoms with E-state index >= 15 is 0 Å². The lowest BCUT2D eigenvalue weighted by molar-refractivity contribution is 0.0470. The highest BCUT2D eigenvalue weighted by molar-refractivity contribution is 7.89. The van der Waals surface area contributed by atoms with E-state index in [4.69, 9.17) is 9.47 Å². The van der Waals surface area contributed by atoms with Gasteiger partial charge in [0.1, 0.15) is 11.6 Å². The summed E-state index contributed by atoms with van der Waals surface area (Å²) in [7, 11) is -1.19. The maximum Gasteiger partial charge on any atom is 0.341 e. The van der Waals surface area contributed by atoms with Crippen LogP contribution in [0.25, 0.3) is 0 Å². The summed E-state index contributed by atoms with van der Waals surface area (Å²) < 4.78 is 49.1.